The maximum absolute atomic E-state index is 12.2. The average Bonchev–Trinajstić information content (AvgIpc) is 2.53. The number of hydrogen-bond acceptors (Lipinski definition) is 4. The van der Waals surface area contributed by atoms with E-state index in [1.165, 1.54) is 0 Å². The Hall–Kier alpha value is -1.08. The van der Waals surface area contributed by atoms with E-state index in [1.54, 1.807) is 24.0 Å². The van der Waals surface area contributed by atoms with Crippen molar-refractivity contribution in [1.82, 2.24) is 19.5 Å². The zero-order chi connectivity index (χ0) is 13.3. The van der Waals surface area contributed by atoms with Gasteiger partial charge in [-0.3, -0.25) is 14.8 Å². The number of carbonyl (C=O) groups excluding carboxylic acids is 1. The van der Waals surface area contributed by atoms with Gasteiger partial charge in [0.25, 0.3) is 0 Å². The average molecular weight is 374 g/mol. The van der Waals surface area contributed by atoms with Gasteiger partial charge in [0.15, 0.2) is 10.5 Å². The van der Waals surface area contributed by atoms with Crippen LogP contribution in [-0.4, -0.2) is 25.3 Å². The molecule has 0 radical (unpaired) electrons. The second-order valence-electron chi connectivity index (χ2n) is 3.83. The lowest BCUT2D eigenvalue weighted by molar-refractivity contribution is 0.0983. The summed E-state index contributed by atoms with van der Waals surface area (Å²) in [5.74, 6) is -0.0533. The molecule has 2 heterocycles. The Morgan fingerprint density at radius 2 is 2.06 bits per heavy atom. The van der Waals surface area contributed by atoms with E-state index < -0.39 is 0 Å². The first-order valence-corrected chi connectivity index (χ1v) is 6.76. The van der Waals surface area contributed by atoms with Crippen molar-refractivity contribution in [3.8, 4) is 0 Å². The molecule has 2 aromatic rings. The number of nitrogens with zero attached hydrogens (tertiary/aromatic N) is 4. The van der Waals surface area contributed by atoms with Crippen molar-refractivity contribution in [1.29, 1.82) is 0 Å². The molecule has 2 rings (SSSR count). The summed E-state index contributed by atoms with van der Waals surface area (Å²) in [6, 6.07) is 0. The quantitative estimate of drug-likeness (QED) is 0.775. The van der Waals surface area contributed by atoms with Gasteiger partial charge in [-0.25, -0.2) is 4.98 Å². The maximum atomic E-state index is 12.2. The molecule has 0 saturated heterocycles. The van der Waals surface area contributed by atoms with E-state index in [9.17, 15) is 4.79 Å². The van der Waals surface area contributed by atoms with E-state index in [0.29, 0.717) is 20.7 Å². The van der Waals surface area contributed by atoms with Crippen molar-refractivity contribution in [2.45, 2.75) is 13.3 Å². The van der Waals surface area contributed by atoms with E-state index in [1.807, 2.05) is 6.92 Å². The zero-order valence-corrected chi connectivity index (χ0v) is 13.0. The van der Waals surface area contributed by atoms with Gasteiger partial charge in [-0.2, -0.15) is 0 Å². The third kappa shape index (κ3) is 2.67. The van der Waals surface area contributed by atoms with Gasteiger partial charge in [0.05, 0.1) is 17.8 Å². The highest BCUT2D eigenvalue weighted by atomic mass is 79.9. The molecule has 0 fully saturated rings. The third-order valence-electron chi connectivity index (χ3n) is 2.41. The first-order valence-electron chi connectivity index (χ1n) is 5.17. The van der Waals surface area contributed by atoms with Crippen molar-refractivity contribution in [2.75, 3.05) is 0 Å². The number of aryl methyl sites for hydroxylation is 1. The van der Waals surface area contributed by atoms with Crippen LogP contribution in [0.2, 0.25) is 0 Å². The third-order valence-corrected chi connectivity index (χ3v) is 3.67. The molecular formula is C11H10Br2N4O. The summed E-state index contributed by atoms with van der Waals surface area (Å²) in [5.41, 5.74) is 1.97. The molecule has 0 saturated carbocycles. The Kier molecular flexibility index (Phi) is 3.91. The normalized spacial score (nSPS) is 10.7. The van der Waals surface area contributed by atoms with E-state index in [4.69, 9.17) is 0 Å². The molecular weight excluding hydrogens is 364 g/mol. The summed E-state index contributed by atoms with van der Waals surface area (Å²) in [4.78, 5) is 24.6. The van der Waals surface area contributed by atoms with Gasteiger partial charge < -0.3 is 4.57 Å². The van der Waals surface area contributed by atoms with Crippen molar-refractivity contribution in [3.05, 3.63) is 38.8 Å². The minimum Gasteiger partial charge on any atom is -0.318 e. The lowest BCUT2D eigenvalue weighted by Crippen LogP contribution is -2.11. The van der Waals surface area contributed by atoms with Crippen molar-refractivity contribution < 1.29 is 4.79 Å². The van der Waals surface area contributed by atoms with E-state index in [0.717, 1.165) is 5.69 Å². The SMILES string of the molecule is Cc1cncc(CC(=O)c2c(Br)nc(Br)n2C)n1. The number of carbonyl (C=O) groups is 1. The summed E-state index contributed by atoms with van der Waals surface area (Å²) in [6.07, 6.45) is 3.47. The molecule has 2 aromatic heterocycles. The van der Waals surface area contributed by atoms with Gasteiger partial charge in [-0.15, -0.1) is 0 Å². The number of imidazole rings is 1. The number of halogens is 2. The Morgan fingerprint density at radius 1 is 1.33 bits per heavy atom. The van der Waals surface area contributed by atoms with Gasteiger partial charge >= 0.3 is 0 Å². The highest BCUT2D eigenvalue weighted by molar-refractivity contribution is 9.11. The molecule has 18 heavy (non-hydrogen) atoms. The topological polar surface area (TPSA) is 60.7 Å². The number of ketones is 1. The molecule has 0 aromatic carbocycles. The van der Waals surface area contributed by atoms with E-state index in [2.05, 4.69) is 46.8 Å². The second kappa shape index (κ2) is 5.27. The van der Waals surface area contributed by atoms with E-state index >= 15 is 0 Å². The van der Waals surface area contributed by atoms with Gasteiger partial charge in [0, 0.05) is 19.4 Å². The molecule has 0 aliphatic heterocycles. The molecule has 0 unspecified atom stereocenters. The summed E-state index contributed by atoms with van der Waals surface area (Å²) in [6.45, 7) is 1.84. The van der Waals surface area contributed by atoms with Crippen LogP contribution in [0.4, 0.5) is 0 Å². The lowest BCUT2D eigenvalue weighted by atomic mass is 10.2. The standard InChI is InChI=1S/C11H10Br2N4O/c1-6-4-14-5-7(15-6)3-8(18)9-10(12)16-11(13)17(9)2/h4-5H,3H2,1-2H3. The molecule has 0 aliphatic carbocycles. The molecule has 0 bridgehead atoms. The predicted octanol–water partition coefficient (Wildman–Crippen LogP) is 2.47. The van der Waals surface area contributed by atoms with Crippen LogP contribution in [0.1, 0.15) is 21.9 Å². The predicted molar refractivity (Wildman–Crippen MR) is 73.4 cm³/mol. The zero-order valence-electron chi connectivity index (χ0n) is 9.81. The van der Waals surface area contributed by atoms with Crippen LogP contribution < -0.4 is 0 Å². The fourth-order valence-corrected chi connectivity index (χ4v) is 2.84. The van der Waals surface area contributed by atoms with Crippen LogP contribution in [0.3, 0.4) is 0 Å². The van der Waals surface area contributed by atoms with Crippen molar-refractivity contribution in [2.24, 2.45) is 7.05 Å². The van der Waals surface area contributed by atoms with Crippen LogP contribution >= 0.6 is 31.9 Å². The highest BCUT2D eigenvalue weighted by Crippen LogP contribution is 2.21. The smallest absolute Gasteiger partial charge is 0.188 e. The Morgan fingerprint density at radius 3 is 2.61 bits per heavy atom. The number of hydrogen-bond donors (Lipinski definition) is 0. The van der Waals surface area contributed by atoms with Crippen LogP contribution in [0.5, 0.6) is 0 Å². The van der Waals surface area contributed by atoms with Crippen LogP contribution in [0, 0.1) is 6.92 Å². The summed E-state index contributed by atoms with van der Waals surface area (Å²) in [5, 5.41) is 0. The molecule has 7 heteroatoms. The summed E-state index contributed by atoms with van der Waals surface area (Å²) >= 11 is 6.55. The Labute approximate surface area is 121 Å². The van der Waals surface area contributed by atoms with Crippen LogP contribution in [0.15, 0.2) is 21.7 Å². The Balaban J connectivity index is 2.27. The summed E-state index contributed by atoms with van der Waals surface area (Å²) in [7, 11) is 1.77. The number of rotatable bonds is 3. The van der Waals surface area contributed by atoms with Crippen LogP contribution in [-0.2, 0) is 13.5 Å². The van der Waals surface area contributed by atoms with Gasteiger partial charge in [-0.05, 0) is 38.8 Å². The molecule has 0 atom stereocenters. The van der Waals surface area contributed by atoms with Gasteiger partial charge in [-0.1, -0.05) is 0 Å². The fraction of sp³-hybridized carbons (Fsp3) is 0.273. The van der Waals surface area contributed by atoms with Crippen LogP contribution in [0.25, 0.3) is 0 Å². The van der Waals surface area contributed by atoms with Crippen molar-refractivity contribution in [3.63, 3.8) is 0 Å². The highest BCUT2D eigenvalue weighted by Gasteiger charge is 2.19. The monoisotopic (exact) mass is 372 g/mol. The number of aromatic nitrogens is 4. The molecule has 94 valence electrons. The first-order chi connectivity index (χ1) is 8.49. The fourth-order valence-electron chi connectivity index (χ4n) is 1.59. The Bertz CT molecular complexity index is 609. The second-order valence-corrected chi connectivity index (χ2v) is 5.29. The molecule has 5 nitrogen and oxygen atoms in total. The number of Topliss-reactive ketones (excluding diaryl/α,β-unsaturated/α-hetero) is 1. The molecule has 0 aliphatic rings. The maximum Gasteiger partial charge on any atom is 0.188 e. The van der Waals surface area contributed by atoms with E-state index in [-0.39, 0.29) is 12.2 Å². The van der Waals surface area contributed by atoms with Crippen molar-refractivity contribution >= 4 is 37.6 Å². The molecule has 0 spiro atoms. The minimum atomic E-state index is -0.0533. The minimum absolute atomic E-state index is 0.0533. The molecule has 0 N–H and O–H groups in total. The summed E-state index contributed by atoms with van der Waals surface area (Å²) < 4.78 is 2.82. The first kappa shape index (κ1) is 13.4. The van der Waals surface area contributed by atoms with Gasteiger partial charge in [0.1, 0.15) is 10.3 Å². The van der Waals surface area contributed by atoms with Gasteiger partial charge in [0.2, 0.25) is 0 Å². The molecule has 0 amide bonds. The lowest BCUT2D eigenvalue weighted by Gasteiger charge is -2.03. The largest absolute Gasteiger partial charge is 0.318 e.